The fraction of sp³-hybridized carbons (Fsp3) is 0.500. The number of hydrogen-bond donors (Lipinski definition) is 3. The zero-order valence-corrected chi connectivity index (χ0v) is 11.4. The van der Waals surface area contributed by atoms with E-state index in [1.807, 2.05) is 49.3 Å². The predicted octanol–water partition coefficient (Wildman–Crippen LogP) is 1.18. The van der Waals surface area contributed by atoms with Crippen LogP contribution in [0.1, 0.15) is 12.0 Å². The van der Waals surface area contributed by atoms with Crippen molar-refractivity contribution >= 4 is 6.09 Å². The third kappa shape index (κ3) is 6.22. The van der Waals surface area contributed by atoms with Crippen molar-refractivity contribution in [2.75, 3.05) is 20.6 Å². The summed E-state index contributed by atoms with van der Waals surface area (Å²) in [5.74, 6) is 0. The van der Waals surface area contributed by atoms with Gasteiger partial charge in [0.15, 0.2) is 0 Å². The molecule has 0 aliphatic carbocycles. The second-order valence-corrected chi connectivity index (χ2v) is 4.91. The largest absolute Gasteiger partial charge is 0.465 e. The number of amides is 1. The van der Waals surface area contributed by atoms with Crippen molar-refractivity contribution in [2.24, 2.45) is 0 Å². The van der Waals surface area contributed by atoms with Gasteiger partial charge in [0.1, 0.15) is 0 Å². The van der Waals surface area contributed by atoms with Crippen molar-refractivity contribution < 1.29 is 15.0 Å². The first-order chi connectivity index (χ1) is 8.99. The Morgan fingerprint density at radius 1 is 1.32 bits per heavy atom. The first-order valence-corrected chi connectivity index (χ1v) is 6.35. The quantitative estimate of drug-likeness (QED) is 0.693. The highest BCUT2D eigenvalue weighted by Crippen LogP contribution is 2.09. The van der Waals surface area contributed by atoms with Gasteiger partial charge in [-0.25, -0.2) is 4.79 Å². The lowest BCUT2D eigenvalue weighted by Crippen LogP contribution is -2.45. The molecule has 0 bridgehead atoms. The van der Waals surface area contributed by atoms with Gasteiger partial charge in [-0.15, -0.1) is 0 Å². The van der Waals surface area contributed by atoms with Crippen molar-refractivity contribution in [1.82, 2.24) is 10.2 Å². The molecule has 0 spiro atoms. The third-order valence-corrected chi connectivity index (χ3v) is 2.94. The van der Waals surface area contributed by atoms with E-state index in [1.54, 1.807) is 0 Å². The molecule has 1 unspecified atom stereocenters. The van der Waals surface area contributed by atoms with Crippen LogP contribution >= 0.6 is 0 Å². The molecular formula is C14H22N2O3. The van der Waals surface area contributed by atoms with Gasteiger partial charge < -0.3 is 20.4 Å². The fourth-order valence-corrected chi connectivity index (χ4v) is 1.90. The number of rotatable bonds is 7. The Labute approximate surface area is 113 Å². The topological polar surface area (TPSA) is 72.8 Å². The Morgan fingerprint density at radius 2 is 1.95 bits per heavy atom. The molecule has 5 nitrogen and oxygen atoms in total. The maximum Gasteiger partial charge on any atom is 0.404 e. The summed E-state index contributed by atoms with van der Waals surface area (Å²) in [6, 6.07) is 9.08. The summed E-state index contributed by atoms with van der Waals surface area (Å²) in [5, 5.41) is 21.4. The van der Waals surface area contributed by atoms with Crippen molar-refractivity contribution in [3.8, 4) is 0 Å². The molecule has 0 saturated heterocycles. The molecule has 5 heteroatoms. The average molecular weight is 266 g/mol. The van der Waals surface area contributed by atoms with E-state index in [4.69, 9.17) is 5.11 Å². The Balaban J connectivity index is 2.63. The van der Waals surface area contributed by atoms with Gasteiger partial charge in [0.25, 0.3) is 0 Å². The smallest absolute Gasteiger partial charge is 0.404 e. The lowest BCUT2D eigenvalue weighted by Gasteiger charge is -2.24. The van der Waals surface area contributed by atoms with E-state index >= 15 is 0 Å². The van der Waals surface area contributed by atoms with E-state index in [0.717, 1.165) is 5.56 Å². The van der Waals surface area contributed by atoms with Crippen LogP contribution in [0.5, 0.6) is 0 Å². The minimum atomic E-state index is -1.11. The summed E-state index contributed by atoms with van der Waals surface area (Å²) in [4.78, 5) is 12.8. The van der Waals surface area contributed by atoms with Crippen LogP contribution in [0.15, 0.2) is 30.3 Å². The lowest BCUT2D eigenvalue weighted by atomic mass is 9.99. The molecule has 19 heavy (non-hydrogen) atoms. The molecule has 0 aromatic heterocycles. The van der Waals surface area contributed by atoms with Gasteiger partial charge in [-0.1, -0.05) is 30.3 Å². The first-order valence-electron chi connectivity index (χ1n) is 6.35. The number of aliphatic hydroxyl groups is 1. The highest BCUT2D eigenvalue weighted by atomic mass is 16.4. The summed E-state index contributed by atoms with van der Waals surface area (Å²) in [5.41, 5.74) is 1.00. The van der Waals surface area contributed by atoms with Crippen LogP contribution in [0.3, 0.4) is 0 Å². The summed E-state index contributed by atoms with van der Waals surface area (Å²) < 4.78 is 0. The van der Waals surface area contributed by atoms with Gasteiger partial charge in [0.2, 0.25) is 0 Å². The molecule has 0 radical (unpaired) electrons. The van der Waals surface area contributed by atoms with Crippen LogP contribution in [0.25, 0.3) is 0 Å². The molecule has 0 saturated carbocycles. The third-order valence-electron chi connectivity index (χ3n) is 2.94. The second kappa shape index (κ2) is 7.76. The van der Waals surface area contributed by atoms with E-state index in [0.29, 0.717) is 19.4 Å². The zero-order chi connectivity index (χ0) is 14.3. The number of nitrogens with zero attached hydrogens (tertiary/aromatic N) is 1. The molecule has 1 aromatic rings. The summed E-state index contributed by atoms with van der Waals surface area (Å²) >= 11 is 0. The Morgan fingerprint density at radius 3 is 2.47 bits per heavy atom. The van der Waals surface area contributed by atoms with Crippen LogP contribution < -0.4 is 5.32 Å². The molecule has 0 heterocycles. The maximum absolute atomic E-state index is 10.8. The van der Waals surface area contributed by atoms with Crippen LogP contribution in [0.4, 0.5) is 4.79 Å². The monoisotopic (exact) mass is 266 g/mol. The molecule has 0 aliphatic heterocycles. The van der Waals surface area contributed by atoms with Crippen LogP contribution in [-0.4, -0.2) is 54.0 Å². The fourth-order valence-electron chi connectivity index (χ4n) is 1.90. The van der Waals surface area contributed by atoms with Crippen molar-refractivity contribution in [3.63, 3.8) is 0 Å². The number of carboxylic acid groups (broad SMARTS) is 1. The number of carbonyl (C=O) groups is 1. The molecule has 0 fully saturated rings. The van der Waals surface area contributed by atoms with E-state index in [2.05, 4.69) is 5.32 Å². The molecule has 1 rings (SSSR count). The maximum atomic E-state index is 10.8. The molecular weight excluding hydrogens is 244 g/mol. The molecule has 3 N–H and O–H groups in total. The second-order valence-electron chi connectivity index (χ2n) is 4.91. The molecule has 106 valence electrons. The van der Waals surface area contributed by atoms with Crippen molar-refractivity contribution in [3.05, 3.63) is 35.9 Å². The molecule has 2 atom stereocenters. The van der Waals surface area contributed by atoms with Crippen molar-refractivity contribution in [1.29, 1.82) is 0 Å². The normalized spacial score (nSPS) is 14.1. The standard InChI is InChI=1S/C14H22N2O3/c1-16(2)9-8-13(17)12(15-14(18)19)10-11-6-4-3-5-7-11/h3-7,12-13,15,17H,8-10H2,1-2H3,(H,18,19)/t12-,13?/m0/s1. The van der Waals surface area contributed by atoms with Gasteiger partial charge in [-0.3, -0.25) is 0 Å². The number of aliphatic hydroxyl groups excluding tert-OH is 1. The van der Waals surface area contributed by atoms with E-state index in [9.17, 15) is 9.90 Å². The summed E-state index contributed by atoms with van der Waals surface area (Å²) in [7, 11) is 3.84. The lowest BCUT2D eigenvalue weighted by molar-refractivity contribution is 0.104. The van der Waals surface area contributed by atoms with Gasteiger partial charge in [-0.05, 0) is 32.5 Å². The highest BCUT2D eigenvalue weighted by molar-refractivity contribution is 5.65. The van der Waals surface area contributed by atoms with Crippen LogP contribution in [0, 0.1) is 0 Å². The van der Waals surface area contributed by atoms with Crippen LogP contribution in [-0.2, 0) is 6.42 Å². The summed E-state index contributed by atoms with van der Waals surface area (Å²) in [6.07, 6.45) is -0.782. The Bertz CT molecular complexity index is 382. The highest BCUT2D eigenvalue weighted by Gasteiger charge is 2.21. The number of nitrogens with one attached hydrogen (secondary N) is 1. The number of benzene rings is 1. The van der Waals surface area contributed by atoms with E-state index in [-0.39, 0.29) is 0 Å². The zero-order valence-electron chi connectivity index (χ0n) is 11.4. The van der Waals surface area contributed by atoms with Gasteiger partial charge >= 0.3 is 6.09 Å². The minimum absolute atomic E-state index is 0.486. The minimum Gasteiger partial charge on any atom is -0.465 e. The Kier molecular flexibility index (Phi) is 6.32. The SMILES string of the molecule is CN(C)CCC(O)[C@H](Cc1ccccc1)NC(=O)O. The van der Waals surface area contributed by atoms with Gasteiger partial charge in [0, 0.05) is 6.54 Å². The van der Waals surface area contributed by atoms with Gasteiger partial charge in [-0.2, -0.15) is 0 Å². The first kappa shape index (κ1) is 15.5. The molecule has 1 aromatic carbocycles. The predicted molar refractivity (Wildman–Crippen MR) is 74.3 cm³/mol. The number of hydrogen-bond acceptors (Lipinski definition) is 3. The average Bonchev–Trinajstić information content (AvgIpc) is 2.36. The van der Waals surface area contributed by atoms with Gasteiger partial charge in [0.05, 0.1) is 12.1 Å². The molecule has 0 aliphatic rings. The summed E-state index contributed by atoms with van der Waals surface area (Å²) in [6.45, 7) is 0.716. The van der Waals surface area contributed by atoms with E-state index < -0.39 is 18.2 Å². The molecule has 1 amide bonds. The van der Waals surface area contributed by atoms with E-state index in [1.165, 1.54) is 0 Å². The Hall–Kier alpha value is -1.59. The van der Waals surface area contributed by atoms with Crippen molar-refractivity contribution in [2.45, 2.75) is 25.0 Å². The van der Waals surface area contributed by atoms with Crippen LogP contribution in [0.2, 0.25) is 0 Å².